The van der Waals surface area contributed by atoms with Crippen LogP contribution in [-0.2, 0) is 4.79 Å². The zero-order valence-corrected chi connectivity index (χ0v) is 14.1. The highest BCUT2D eigenvalue weighted by molar-refractivity contribution is 5.92. The molecule has 0 aromatic carbocycles. The molecule has 1 aliphatic carbocycles. The number of amides is 2. The first-order valence-corrected chi connectivity index (χ1v) is 9.01. The fourth-order valence-electron chi connectivity index (χ4n) is 4.42. The van der Waals surface area contributed by atoms with Crippen LogP contribution in [0.5, 0.6) is 0 Å². The quantitative estimate of drug-likeness (QED) is 0.625. The van der Waals surface area contributed by atoms with Crippen LogP contribution in [0.15, 0.2) is 12.4 Å². The number of carbonyl (C=O) groups excluding carboxylic acids is 2. The standard InChI is InChI=1S/C17H23N5O3/c23-15(20-25)12-7-18-17(19-8-12)22-10-13-6-14(22)9-21(13)16(24)11-4-2-1-3-5-11/h7-8,11,13-14,25H,1-6,9-10H2,(H,20,23)/t13-,14?/m0/s1. The van der Waals surface area contributed by atoms with Gasteiger partial charge in [0, 0.05) is 31.4 Å². The smallest absolute Gasteiger partial charge is 0.277 e. The van der Waals surface area contributed by atoms with E-state index >= 15 is 0 Å². The van der Waals surface area contributed by atoms with E-state index in [1.165, 1.54) is 31.7 Å². The van der Waals surface area contributed by atoms with Gasteiger partial charge in [0.1, 0.15) is 0 Å². The molecule has 3 heterocycles. The molecule has 2 aliphatic heterocycles. The summed E-state index contributed by atoms with van der Waals surface area (Å²) < 4.78 is 0. The van der Waals surface area contributed by atoms with E-state index < -0.39 is 5.91 Å². The van der Waals surface area contributed by atoms with E-state index in [1.807, 2.05) is 0 Å². The molecular formula is C17H23N5O3. The molecule has 4 rings (SSSR count). The molecule has 2 saturated heterocycles. The monoisotopic (exact) mass is 345 g/mol. The van der Waals surface area contributed by atoms with Crippen molar-refractivity contribution in [1.29, 1.82) is 0 Å². The highest BCUT2D eigenvalue weighted by atomic mass is 16.5. The topological polar surface area (TPSA) is 98.7 Å². The highest BCUT2D eigenvalue weighted by Crippen LogP contribution is 2.35. The molecule has 2 N–H and O–H groups in total. The molecule has 1 unspecified atom stereocenters. The lowest BCUT2D eigenvalue weighted by Crippen LogP contribution is -2.51. The minimum absolute atomic E-state index is 0.213. The first-order chi connectivity index (χ1) is 12.2. The molecule has 1 aromatic heterocycles. The fourth-order valence-corrected chi connectivity index (χ4v) is 4.42. The average molecular weight is 345 g/mol. The number of rotatable bonds is 3. The van der Waals surface area contributed by atoms with Crippen LogP contribution in [0, 0.1) is 5.92 Å². The van der Waals surface area contributed by atoms with Gasteiger partial charge in [0.25, 0.3) is 5.91 Å². The molecule has 3 aliphatic rings. The minimum atomic E-state index is -0.626. The first kappa shape index (κ1) is 16.3. The van der Waals surface area contributed by atoms with Gasteiger partial charge >= 0.3 is 0 Å². The molecule has 2 amide bonds. The van der Waals surface area contributed by atoms with Gasteiger partial charge in [-0.3, -0.25) is 14.8 Å². The molecule has 1 aromatic rings. The van der Waals surface area contributed by atoms with Crippen molar-refractivity contribution in [3.05, 3.63) is 18.0 Å². The fraction of sp³-hybridized carbons (Fsp3) is 0.647. The van der Waals surface area contributed by atoms with Crippen LogP contribution < -0.4 is 10.4 Å². The summed E-state index contributed by atoms with van der Waals surface area (Å²) in [4.78, 5) is 36.8. The number of nitrogens with zero attached hydrogens (tertiary/aromatic N) is 4. The Morgan fingerprint density at radius 1 is 1.08 bits per heavy atom. The Morgan fingerprint density at radius 3 is 2.40 bits per heavy atom. The Balaban J connectivity index is 1.41. The zero-order valence-electron chi connectivity index (χ0n) is 14.1. The number of piperazine rings is 1. The van der Waals surface area contributed by atoms with Crippen molar-refractivity contribution in [3.63, 3.8) is 0 Å². The summed E-state index contributed by atoms with van der Waals surface area (Å²) in [6, 6.07) is 0.485. The van der Waals surface area contributed by atoms with Gasteiger partial charge in [0.05, 0.1) is 17.6 Å². The van der Waals surface area contributed by atoms with Crippen LogP contribution in [0.2, 0.25) is 0 Å². The van der Waals surface area contributed by atoms with Gasteiger partial charge in [-0.1, -0.05) is 19.3 Å². The summed E-state index contributed by atoms with van der Waals surface area (Å²) >= 11 is 0. The largest absolute Gasteiger partial charge is 0.336 e. The minimum Gasteiger partial charge on any atom is -0.336 e. The van der Waals surface area contributed by atoms with Crippen molar-refractivity contribution < 1.29 is 14.8 Å². The molecule has 0 radical (unpaired) electrons. The van der Waals surface area contributed by atoms with Gasteiger partial charge in [0.2, 0.25) is 11.9 Å². The van der Waals surface area contributed by atoms with Crippen molar-refractivity contribution in [2.75, 3.05) is 18.0 Å². The van der Waals surface area contributed by atoms with E-state index in [1.54, 1.807) is 5.48 Å². The Morgan fingerprint density at radius 2 is 1.80 bits per heavy atom. The Hall–Kier alpha value is -2.22. The maximum absolute atomic E-state index is 12.8. The number of anilines is 1. The van der Waals surface area contributed by atoms with E-state index in [-0.39, 0.29) is 23.6 Å². The predicted molar refractivity (Wildman–Crippen MR) is 89.1 cm³/mol. The molecule has 8 heteroatoms. The van der Waals surface area contributed by atoms with E-state index in [0.717, 1.165) is 32.4 Å². The molecule has 134 valence electrons. The number of hydrogen-bond acceptors (Lipinski definition) is 6. The summed E-state index contributed by atoms with van der Waals surface area (Å²) in [6.45, 7) is 1.48. The third-order valence-corrected chi connectivity index (χ3v) is 5.74. The highest BCUT2D eigenvalue weighted by Gasteiger charge is 2.47. The van der Waals surface area contributed by atoms with Crippen LogP contribution in [0.3, 0.4) is 0 Å². The Bertz CT molecular complexity index is 659. The molecule has 8 nitrogen and oxygen atoms in total. The van der Waals surface area contributed by atoms with Crippen LogP contribution >= 0.6 is 0 Å². The van der Waals surface area contributed by atoms with E-state index in [2.05, 4.69) is 19.8 Å². The van der Waals surface area contributed by atoms with Gasteiger partial charge in [-0.05, 0) is 19.3 Å². The lowest BCUT2D eigenvalue weighted by molar-refractivity contribution is -0.137. The van der Waals surface area contributed by atoms with Crippen molar-refractivity contribution in [1.82, 2.24) is 20.3 Å². The average Bonchev–Trinajstić information content (AvgIpc) is 3.28. The van der Waals surface area contributed by atoms with Gasteiger partial charge in [-0.15, -0.1) is 0 Å². The maximum Gasteiger partial charge on any atom is 0.277 e. The lowest BCUT2D eigenvalue weighted by atomic mass is 9.88. The lowest BCUT2D eigenvalue weighted by Gasteiger charge is -2.36. The van der Waals surface area contributed by atoms with Crippen molar-refractivity contribution in [2.24, 2.45) is 5.92 Å². The third-order valence-electron chi connectivity index (χ3n) is 5.74. The number of aromatic nitrogens is 2. The van der Waals surface area contributed by atoms with Crippen LogP contribution in [0.4, 0.5) is 5.95 Å². The van der Waals surface area contributed by atoms with Crippen LogP contribution in [-0.4, -0.2) is 57.1 Å². The second-order valence-corrected chi connectivity index (χ2v) is 7.23. The van der Waals surface area contributed by atoms with Crippen molar-refractivity contribution in [2.45, 2.75) is 50.6 Å². The molecule has 1 saturated carbocycles. The number of likely N-dealkylation sites (tertiary alicyclic amines) is 1. The second kappa shape index (κ2) is 6.59. The number of nitrogens with one attached hydrogen (secondary N) is 1. The summed E-state index contributed by atoms with van der Waals surface area (Å²) in [6.07, 6.45) is 9.45. The SMILES string of the molecule is O=C(NO)c1cnc(N2C[C@@H]3CC2CN3C(=O)C2CCCCC2)nc1. The molecule has 25 heavy (non-hydrogen) atoms. The maximum atomic E-state index is 12.8. The Labute approximate surface area is 146 Å². The number of hydrogen-bond donors (Lipinski definition) is 2. The van der Waals surface area contributed by atoms with Crippen LogP contribution in [0.25, 0.3) is 0 Å². The van der Waals surface area contributed by atoms with Gasteiger partial charge in [-0.2, -0.15) is 0 Å². The molecule has 2 bridgehead atoms. The summed E-state index contributed by atoms with van der Waals surface area (Å²) in [5.41, 5.74) is 1.78. The number of fused-ring (bicyclic) bond motifs is 2. The summed E-state index contributed by atoms with van der Waals surface area (Å²) in [5, 5.41) is 8.64. The van der Waals surface area contributed by atoms with E-state index in [0.29, 0.717) is 11.9 Å². The summed E-state index contributed by atoms with van der Waals surface area (Å²) in [5.74, 6) is 0.502. The third kappa shape index (κ3) is 2.95. The second-order valence-electron chi connectivity index (χ2n) is 7.23. The van der Waals surface area contributed by atoms with Crippen molar-refractivity contribution in [3.8, 4) is 0 Å². The molecule has 3 fully saturated rings. The Kier molecular flexibility index (Phi) is 4.29. The van der Waals surface area contributed by atoms with E-state index in [4.69, 9.17) is 5.21 Å². The van der Waals surface area contributed by atoms with E-state index in [9.17, 15) is 9.59 Å². The van der Waals surface area contributed by atoms with Gasteiger partial charge in [-0.25, -0.2) is 15.4 Å². The van der Waals surface area contributed by atoms with Gasteiger partial charge in [0.15, 0.2) is 0 Å². The normalized spacial score (nSPS) is 26.1. The van der Waals surface area contributed by atoms with Crippen LogP contribution in [0.1, 0.15) is 48.9 Å². The zero-order chi connectivity index (χ0) is 17.4. The first-order valence-electron chi connectivity index (χ1n) is 9.01. The van der Waals surface area contributed by atoms with Gasteiger partial charge < -0.3 is 9.80 Å². The number of carbonyl (C=O) groups is 2. The summed E-state index contributed by atoms with van der Waals surface area (Å²) in [7, 11) is 0. The number of hydroxylamine groups is 1. The molecule has 0 spiro atoms. The molecular weight excluding hydrogens is 322 g/mol. The molecule has 2 atom stereocenters. The van der Waals surface area contributed by atoms with Crippen molar-refractivity contribution >= 4 is 17.8 Å². The predicted octanol–water partition coefficient (Wildman–Crippen LogP) is 0.965.